The van der Waals surface area contributed by atoms with E-state index in [2.05, 4.69) is 20.4 Å². The van der Waals surface area contributed by atoms with Crippen molar-refractivity contribution in [1.82, 2.24) is 4.98 Å². The maximum Gasteiger partial charge on any atom is 0.573 e. The number of rotatable bonds is 5. The van der Waals surface area contributed by atoms with Crippen LogP contribution < -0.4 is 15.4 Å². The summed E-state index contributed by atoms with van der Waals surface area (Å²) in [6, 6.07) is 7.25. The number of nitrogens with zero attached hydrogens (tertiary/aromatic N) is 1. The molecule has 0 saturated heterocycles. The van der Waals surface area contributed by atoms with Gasteiger partial charge in [0, 0.05) is 5.69 Å². The van der Waals surface area contributed by atoms with E-state index in [0.29, 0.717) is 0 Å². The Morgan fingerprint density at radius 2 is 1.74 bits per heavy atom. The van der Waals surface area contributed by atoms with Crippen LogP contribution >= 0.6 is 0 Å². The average molecular weight is 381 g/mol. The quantitative estimate of drug-likeness (QED) is 0.698. The molecule has 1 aromatic carbocycles. The summed E-state index contributed by atoms with van der Waals surface area (Å²) in [5, 5.41) is 4.71. The lowest BCUT2D eigenvalue weighted by atomic mass is 10.3. The first-order chi connectivity index (χ1) is 12.8. The number of carbonyl (C=O) groups excluding carboxylic acids is 2. The Morgan fingerprint density at radius 1 is 1.00 bits per heavy atom. The summed E-state index contributed by atoms with van der Waals surface area (Å²) in [6.07, 6.45) is -2.48. The number of hydrogen-bond donors (Lipinski definition) is 2. The van der Waals surface area contributed by atoms with Gasteiger partial charge in [-0.2, -0.15) is 4.98 Å². The zero-order valence-electron chi connectivity index (χ0n) is 13.2. The molecule has 11 heteroatoms. The van der Waals surface area contributed by atoms with Gasteiger partial charge in [0.25, 0.3) is 11.8 Å². The van der Waals surface area contributed by atoms with Crippen LogP contribution in [0.5, 0.6) is 5.75 Å². The fourth-order valence-corrected chi connectivity index (χ4v) is 1.94. The number of aromatic nitrogens is 1. The largest absolute Gasteiger partial charge is 0.573 e. The predicted octanol–water partition coefficient (Wildman–Crippen LogP) is 3.67. The number of amides is 2. The van der Waals surface area contributed by atoms with Crippen LogP contribution in [0.2, 0.25) is 0 Å². The number of benzene rings is 1. The van der Waals surface area contributed by atoms with Gasteiger partial charge in [-0.1, -0.05) is 0 Å². The molecular formula is C16H10F3N3O5. The molecule has 2 aromatic heterocycles. The van der Waals surface area contributed by atoms with E-state index in [4.69, 9.17) is 8.83 Å². The van der Waals surface area contributed by atoms with Crippen LogP contribution in [0.1, 0.15) is 21.0 Å². The number of anilines is 2. The number of carbonyl (C=O) groups is 2. The summed E-state index contributed by atoms with van der Waals surface area (Å²) in [7, 11) is 0. The number of nitrogens with one attached hydrogen (secondary N) is 2. The molecule has 3 aromatic rings. The second-order valence-corrected chi connectivity index (χ2v) is 5.00. The highest BCUT2D eigenvalue weighted by Crippen LogP contribution is 2.24. The lowest BCUT2D eigenvalue weighted by Crippen LogP contribution is -2.17. The summed E-state index contributed by atoms with van der Waals surface area (Å²) < 4.78 is 49.9. The summed E-state index contributed by atoms with van der Waals surface area (Å²) in [5.74, 6) is -1.71. The minimum Gasteiger partial charge on any atom is -0.459 e. The number of oxazole rings is 1. The van der Waals surface area contributed by atoms with E-state index in [-0.39, 0.29) is 23.2 Å². The lowest BCUT2D eigenvalue weighted by Gasteiger charge is -2.09. The molecule has 0 aliphatic heterocycles. The fraction of sp³-hybridized carbons (Fsp3) is 0.0625. The Balaban J connectivity index is 1.60. The van der Waals surface area contributed by atoms with Crippen LogP contribution in [-0.2, 0) is 0 Å². The standard InChI is InChI=1S/C16H10F3N3O5/c17-16(18,19)27-10-5-3-9(4-6-10)20-13(23)11-8-26-15(21-11)22-14(24)12-2-1-7-25-12/h1-8H,(H,20,23)(H,21,22,24). The van der Waals surface area contributed by atoms with Gasteiger partial charge in [-0.3, -0.25) is 14.9 Å². The Bertz CT molecular complexity index is 933. The zero-order valence-corrected chi connectivity index (χ0v) is 13.2. The van der Waals surface area contributed by atoms with Gasteiger partial charge in [-0.25, -0.2) is 0 Å². The van der Waals surface area contributed by atoms with Crippen LogP contribution in [0.4, 0.5) is 24.9 Å². The van der Waals surface area contributed by atoms with Crippen LogP contribution in [0.3, 0.4) is 0 Å². The van der Waals surface area contributed by atoms with E-state index in [1.165, 1.54) is 30.5 Å². The second-order valence-electron chi connectivity index (χ2n) is 5.00. The molecule has 0 unspecified atom stereocenters. The smallest absolute Gasteiger partial charge is 0.459 e. The summed E-state index contributed by atoms with van der Waals surface area (Å²) in [6.45, 7) is 0. The van der Waals surface area contributed by atoms with E-state index >= 15 is 0 Å². The first-order valence-electron chi connectivity index (χ1n) is 7.28. The van der Waals surface area contributed by atoms with Crippen molar-refractivity contribution in [3.8, 4) is 5.75 Å². The summed E-state index contributed by atoms with van der Waals surface area (Å²) >= 11 is 0. The van der Waals surface area contributed by atoms with Crippen LogP contribution in [-0.4, -0.2) is 23.2 Å². The topological polar surface area (TPSA) is 107 Å². The maximum absolute atomic E-state index is 12.1. The van der Waals surface area contributed by atoms with Crippen molar-refractivity contribution in [2.24, 2.45) is 0 Å². The predicted molar refractivity (Wildman–Crippen MR) is 84.2 cm³/mol. The highest BCUT2D eigenvalue weighted by molar-refractivity contribution is 6.04. The Hall–Kier alpha value is -3.76. The molecule has 0 fully saturated rings. The van der Waals surface area contributed by atoms with E-state index in [9.17, 15) is 22.8 Å². The minimum atomic E-state index is -4.80. The molecule has 2 N–H and O–H groups in total. The monoisotopic (exact) mass is 381 g/mol. The third kappa shape index (κ3) is 4.87. The van der Waals surface area contributed by atoms with E-state index in [1.807, 2.05) is 0 Å². The molecule has 0 radical (unpaired) electrons. The van der Waals surface area contributed by atoms with Crippen molar-refractivity contribution < 1.29 is 36.3 Å². The van der Waals surface area contributed by atoms with Gasteiger partial charge in [-0.05, 0) is 36.4 Å². The molecule has 2 heterocycles. The lowest BCUT2D eigenvalue weighted by molar-refractivity contribution is -0.274. The Kier molecular flexibility index (Phi) is 4.83. The highest BCUT2D eigenvalue weighted by atomic mass is 19.4. The van der Waals surface area contributed by atoms with Gasteiger partial charge in [0.15, 0.2) is 11.5 Å². The van der Waals surface area contributed by atoms with Gasteiger partial charge in [0.1, 0.15) is 12.0 Å². The van der Waals surface area contributed by atoms with Crippen molar-refractivity contribution >= 4 is 23.5 Å². The SMILES string of the molecule is O=C(Nc1ccc(OC(F)(F)F)cc1)c1coc(NC(=O)c2ccco2)n1. The Morgan fingerprint density at radius 3 is 2.37 bits per heavy atom. The van der Waals surface area contributed by atoms with Crippen LogP contribution in [0.25, 0.3) is 0 Å². The molecule has 3 rings (SSSR count). The number of halogens is 3. The third-order valence-electron chi connectivity index (χ3n) is 3.05. The number of hydrogen-bond acceptors (Lipinski definition) is 6. The van der Waals surface area contributed by atoms with Crippen LogP contribution in [0, 0.1) is 0 Å². The van der Waals surface area contributed by atoms with E-state index in [1.54, 1.807) is 0 Å². The van der Waals surface area contributed by atoms with Crippen molar-refractivity contribution in [3.63, 3.8) is 0 Å². The second kappa shape index (κ2) is 7.23. The van der Waals surface area contributed by atoms with Gasteiger partial charge in [-0.15, -0.1) is 13.2 Å². The molecular weight excluding hydrogens is 371 g/mol. The number of furan rings is 1. The molecule has 2 amide bonds. The molecule has 0 spiro atoms. The minimum absolute atomic E-state index is 0.0281. The zero-order chi connectivity index (χ0) is 19.4. The van der Waals surface area contributed by atoms with Crippen molar-refractivity contribution in [1.29, 1.82) is 0 Å². The van der Waals surface area contributed by atoms with Gasteiger partial charge in [0.05, 0.1) is 6.26 Å². The van der Waals surface area contributed by atoms with Crippen molar-refractivity contribution in [2.75, 3.05) is 10.6 Å². The van der Waals surface area contributed by atoms with E-state index in [0.717, 1.165) is 18.4 Å². The molecule has 27 heavy (non-hydrogen) atoms. The number of alkyl halides is 3. The fourth-order valence-electron chi connectivity index (χ4n) is 1.94. The normalized spacial score (nSPS) is 11.1. The van der Waals surface area contributed by atoms with E-state index < -0.39 is 23.9 Å². The van der Waals surface area contributed by atoms with Crippen LogP contribution in [0.15, 0.2) is 57.8 Å². The molecule has 140 valence electrons. The molecule has 0 aliphatic rings. The molecule has 0 aliphatic carbocycles. The van der Waals surface area contributed by atoms with Gasteiger partial charge < -0.3 is 18.9 Å². The summed E-state index contributed by atoms with van der Waals surface area (Å²) in [5.41, 5.74) is 0.0547. The molecule has 0 saturated carbocycles. The van der Waals surface area contributed by atoms with Crippen molar-refractivity contribution in [3.05, 3.63) is 60.4 Å². The third-order valence-corrected chi connectivity index (χ3v) is 3.05. The highest BCUT2D eigenvalue weighted by Gasteiger charge is 2.31. The Labute approximate surface area is 148 Å². The van der Waals surface area contributed by atoms with Gasteiger partial charge in [0.2, 0.25) is 0 Å². The molecule has 0 atom stereocenters. The first-order valence-corrected chi connectivity index (χ1v) is 7.28. The van der Waals surface area contributed by atoms with Gasteiger partial charge >= 0.3 is 12.4 Å². The molecule has 8 nitrogen and oxygen atoms in total. The summed E-state index contributed by atoms with van der Waals surface area (Å²) in [4.78, 5) is 27.7. The number of ether oxygens (including phenoxy) is 1. The average Bonchev–Trinajstić information content (AvgIpc) is 3.27. The molecule has 0 bridgehead atoms. The van der Waals surface area contributed by atoms with Crippen molar-refractivity contribution in [2.45, 2.75) is 6.36 Å². The first kappa shape index (κ1) is 18.0. The maximum atomic E-state index is 12.1.